The Morgan fingerprint density at radius 3 is 2.38 bits per heavy atom. The van der Waals surface area contributed by atoms with Gasteiger partial charge in [0.2, 0.25) is 0 Å². The lowest BCUT2D eigenvalue weighted by atomic mass is 9.87. The maximum Gasteiger partial charge on any atom is 0.136 e. The van der Waals surface area contributed by atoms with Gasteiger partial charge in [0.25, 0.3) is 0 Å². The molecular formula is C19H25NO. The Morgan fingerprint density at radius 2 is 1.76 bits per heavy atom. The monoisotopic (exact) mass is 283 g/mol. The third-order valence-corrected chi connectivity index (χ3v) is 3.73. The van der Waals surface area contributed by atoms with E-state index >= 15 is 0 Å². The zero-order chi connectivity index (χ0) is 15.5. The Kier molecular flexibility index (Phi) is 4.69. The Bertz CT molecular complexity index is 599. The van der Waals surface area contributed by atoms with E-state index in [-0.39, 0.29) is 11.5 Å². The van der Waals surface area contributed by atoms with E-state index in [1.807, 2.05) is 24.3 Å². The molecule has 0 aliphatic heterocycles. The Morgan fingerprint density at radius 1 is 1.05 bits per heavy atom. The molecule has 0 aliphatic rings. The van der Waals surface area contributed by atoms with Crippen LogP contribution >= 0.6 is 0 Å². The first-order valence-corrected chi connectivity index (χ1v) is 7.44. The van der Waals surface area contributed by atoms with Crippen molar-refractivity contribution >= 4 is 0 Å². The lowest BCUT2D eigenvalue weighted by Gasteiger charge is -2.23. The molecule has 2 heteroatoms. The van der Waals surface area contributed by atoms with Crippen LogP contribution in [0, 0.1) is 6.92 Å². The zero-order valence-corrected chi connectivity index (χ0v) is 13.4. The molecule has 2 N–H and O–H groups in total. The second kappa shape index (κ2) is 6.31. The first kappa shape index (κ1) is 15.6. The summed E-state index contributed by atoms with van der Waals surface area (Å²) in [5, 5.41) is 0. The zero-order valence-electron chi connectivity index (χ0n) is 13.4. The van der Waals surface area contributed by atoms with Crippen molar-refractivity contribution in [3.63, 3.8) is 0 Å². The predicted molar refractivity (Wildman–Crippen MR) is 88.7 cm³/mol. The van der Waals surface area contributed by atoms with Gasteiger partial charge in [0.15, 0.2) is 0 Å². The van der Waals surface area contributed by atoms with Gasteiger partial charge in [-0.3, -0.25) is 0 Å². The minimum absolute atomic E-state index is 0.110. The second-order valence-corrected chi connectivity index (χ2v) is 6.48. The molecule has 21 heavy (non-hydrogen) atoms. The van der Waals surface area contributed by atoms with Crippen molar-refractivity contribution < 1.29 is 4.74 Å². The fourth-order valence-electron chi connectivity index (χ4n) is 2.39. The summed E-state index contributed by atoms with van der Waals surface area (Å²) in [7, 11) is 0. The molecule has 1 atom stereocenters. The molecule has 0 fully saturated rings. The van der Waals surface area contributed by atoms with Crippen molar-refractivity contribution in [1.82, 2.24) is 0 Å². The van der Waals surface area contributed by atoms with Crippen LogP contribution < -0.4 is 10.5 Å². The largest absolute Gasteiger partial charge is 0.484 e. The van der Waals surface area contributed by atoms with Crippen LogP contribution in [0.1, 0.15) is 43.6 Å². The van der Waals surface area contributed by atoms with E-state index in [0.29, 0.717) is 6.54 Å². The summed E-state index contributed by atoms with van der Waals surface area (Å²) in [6, 6.07) is 16.5. The maximum absolute atomic E-state index is 6.14. The van der Waals surface area contributed by atoms with Crippen LogP contribution in [0.25, 0.3) is 0 Å². The Hall–Kier alpha value is -1.80. The molecule has 0 bridgehead atoms. The fraction of sp³-hybridized carbons (Fsp3) is 0.368. The molecule has 2 rings (SSSR count). The van der Waals surface area contributed by atoms with E-state index in [0.717, 1.165) is 11.3 Å². The van der Waals surface area contributed by atoms with E-state index < -0.39 is 0 Å². The number of hydrogen-bond acceptors (Lipinski definition) is 2. The van der Waals surface area contributed by atoms with Crippen molar-refractivity contribution in [2.75, 3.05) is 6.54 Å². The molecule has 2 nitrogen and oxygen atoms in total. The van der Waals surface area contributed by atoms with E-state index in [1.165, 1.54) is 11.1 Å². The normalized spacial score (nSPS) is 13.0. The van der Waals surface area contributed by atoms with Crippen molar-refractivity contribution in [2.45, 2.75) is 39.2 Å². The first-order valence-electron chi connectivity index (χ1n) is 7.44. The summed E-state index contributed by atoms with van der Waals surface area (Å²) in [6.45, 7) is 9.16. The molecule has 2 aromatic carbocycles. The number of nitrogens with two attached hydrogens (primary N) is 1. The number of aryl methyl sites for hydroxylation is 1. The highest BCUT2D eigenvalue weighted by Crippen LogP contribution is 2.28. The van der Waals surface area contributed by atoms with Gasteiger partial charge in [-0.05, 0) is 41.2 Å². The van der Waals surface area contributed by atoms with Crippen molar-refractivity contribution in [3.8, 4) is 5.75 Å². The number of benzene rings is 2. The van der Waals surface area contributed by atoms with Crippen LogP contribution in [0.15, 0.2) is 48.5 Å². The summed E-state index contributed by atoms with van der Waals surface area (Å²) in [6.07, 6.45) is -0.110. The molecule has 0 amide bonds. The summed E-state index contributed by atoms with van der Waals surface area (Å²) in [4.78, 5) is 0. The molecule has 0 heterocycles. The van der Waals surface area contributed by atoms with Gasteiger partial charge in [0.1, 0.15) is 11.9 Å². The molecule has 0 saturated heterocycles. The van der Waals surface area contributed by atoms with Gasteiger partial charge in [-0.2, -0.15) is 0 Å². The molecule has 0 saturated carbocycles. The molecule has 1 unspecified atom stereocenters. The van der Waals surface area contributed by atoms with E-state index in [2.05, 4.69) is 52.0 Å². The highest BCUT2D eigenvalue weighted by atomic mass is 16.5. The van der Waals surface area contributed by atoms with Crippen LogP contribution in [0.2, 0.25) is 0 Å². The Balaban J connectivity index is 2.26. The van der Waals surface area contributed by atoms with Crippen LogP contribution in [0.3, 0.4) is 0 Å². The van der Waals surface area contributed by atoms with Crippen LogP contribution in [-0.4, -0.2) is 6.54 Å². The predicted octanol–water partition coefficient (Wildman–Crippen LogP) is 4.37. The van der Waals surface area contributed by atoms with Gasteiger partial charge in [-0.15, -0.1) is 0 Å². The van der Waals surface area contributed by atoms with E-state index in [4.69, 9.17) is 10.5 Å². The van der Waals surface area contributed by atoms with Crippen molar-refractivity contribution in [3.05, 3.63) is 65.2 Å². The fourth-order valence-corrected chi connectivity index (χ4v) is 2.39. The third kappa shape index (κ3) is 3.85. The van der Waals surface area contributed by atoms with Gasteiger partial charge in [0, 0.05) is 6.54 Å². The molecule has 112 valence electrons. The van der Waals surface area contributed by atoms with Gasteiger partial charge < -0.3 is 10.5 Å². The highest BCUT2D eigenvalue weighted by Gasteiger charge is 2.17. The van der Waals surface area contributed by atoms with Crippen LogP contribution in [0.4, 0.5) is 0 Å². The van der Waals surface area contributed by atoms with Gasteiger partial charge in [-0.1, -0.05) is 57.2 Å². The minimum Gasteiger partial charge on any atom is -0.484 e. The van der Waals surface area contributed by atoms with Gasteiger partial charge in [-0.25, -0.2) is 0 Å². The lowest BCUT2D eigenvalue weighted by Crippen LogP contribution is -2.19. The summed E-state index contributed by atoms with van der Waals surface area (Å²) in [5.74, 6) is 0.876. The lowest BCUT2D eigenvalue weighted by molar-refractivity contribution is 0.213. The van der Waals surface area contributed by atoms with Crippen LogP contribution in [-0.2, 0) is 5.41 Å². The molecular weight excluding hydrogens is 258 g/mol. The quantitative estimate of drug-likeness (QED) is 0.904. The van der Waals surface area contributed by atoms with Gasteiger partial charge >= 0.3 is 0 Å². The SMILES string of the molecule is Cc1ccccc1C(CN)Oc1cccc(C(C)(C)C)c1. The average molecular weight is 283 g/mol. The number of hydrogen-bond donors (Lipinski definition) is 1. The standard InChI is InChI=1S/C19H25NO/c1-14-8-5-6-11-17(14)18(13-20)21-16-10-7-9-15(12-16)19(2,3)4/h5-12,18H,13,20H2,1-4H3. The average Bonchev–Trinajstić information content (AvgIpc) is 2.45. The number of ether oxygens (including phenoxy) is 1. The minimum atomic E-state index is -0.110. The molecule has 2 aromatic rings. The van der Waals surface area contributed by atoms with E-state index in [9.17, 15) is 0 Å². The van der Waals surface area contributed by atoms with Crippen molar-refractivity contribution in [2.24, 2.45) is 5.73 Å². The molecule has 0 spiro atoms. The molecule has 0 radical (unpaired) electrons. The maximum atomic E-state index is 6.14. The van der Waals surface area contributed by atoms with Crippen LogP contribution in [0.5, 0.6) is 5.75 Å². The van der Waals surface area contributed by atoms with Gasteiger partial charge in [0.05, 0.1) is 0 Å². The topological polar surface area (TPSA) is 35.2 Å². The first-order chi connectivity index (χ1) is 9.91. The van der Waals surface area contributed by atoms with E-state index in [1.54, 1.807) is 0 Å². The highest BCUT2D eigenvalue weighted by molar-refractivity contribution is 5.34. The third-order valence-electron chi connectivity index (χ3n) is 3.73. The van der Waals surface area contributed by atoms with Crippen molar-refractivity contribution in [1.29, 1.82) is 0 Å². The summed E-state index contributed by atoms with van der Waals surface area (Å²) < 4.78 is 6.14. The Labute approximate surface area is 127 Å². The molecule has 0 aliphatic carbocycles. The summed E-state index contributed by atoms with van der Waals surface area (Å²) in [5.41, 5.74) is 9.66. The summed E-state index contributed by atoms with van der Waals surface area (Å²) >= 11 is 0. The second-order valence-electron chi connectivity index (χ2n) is 6.48. The smallest absolute Gasteiger partial charge is 0.136 e. The number of rotatable bonds is 4. The molecule has 0 aromatic heterocycles.